The number of hydrogen-bond acceptors (Lipinski definition) is 4. The van der Waals surface area contributed by atoms with E-state index in [1.165, 1.54) is 7.11 Å². The average molecular weight is 236 g/mol. The summed E-state index contributed by atoms with van der Waals surface area (Å²) in [4.78, 5) is 18.0. The van der Waals surface area contributed by atoms with Gasteiger partial charge in [0.2, 0.25) is 0 Å². The third-order valence-electron chi connectivity index (χ3n) is 2.91. The number of hydrogen-bond donors (Lipinski definition) is 0. The minimum Gasteiger partial charge on any atom is -0.469 e. The van der Waals surface area contributed by atoms with Crippen LogP contribution < -0.4 is 0 Å². The van der Waals surface area contributed by atoms with Gasteiger partial charge in [-0.15, -0.1) is 0 Å². The molecule has 1 heterocycles. The molecule has 0 saturated heterocycles. The second kappa shape index (κ2) is 5.27. The van der Waals surface area contributed by atoms with E-state index in [4.69, 9.17) is 4.74 Å². The van der Waals surface area contributed by atoms with Crippen LogP contribution in [-0.4, -0.2) is 37.1 Å². The first-order chi connectivity index (χ1) is 7.91. The van der Waals surface area contributed by atoms with Crippen LogP contribution in [0.2, 0.25) is 0 Å². The number of nitrogens with zero attached hydrogens (tertiary/aromatic N) is 2. The molecule has 1 aromatic heterocycles. The highest BCUT2D eigenvalue weighted by Gasteiger charge is 2.40. The summed E-state index contributed by atoms with van der Waals surface area (Å²) in [5.74, 6) is -0.222. The molecule has 0 N–H and O–H groups in total. The minimum absolute atomic E-state index is 0.0661. The number of aromatic nitrogens is 1. The molecule has 4 heteroatoms. The molecule has 1 rings (SSSR count). The Morgan fingerprint density at radius 3 is 2.53 bits per heavy atom. The zero-order chi connectivity index (χ0) is 13.1. The first kappa shape index (κ1) is 13.6. The van der Waals surface area contributed by atoms with E-state index in [-0.39, 0.29) is 12.0 Å². The molecule has 0 fully saturated rings. The Morgan fingerprint density at radius 2 is 2.12 bits per heavy atom. The van der Waals surface area contributed by atoms with Crippen molar-refractivity contribution in [3.8, 4) is 0 Å². The maximum Gasteiger partial charge on any atom is 0.313 e. The summed E-state index contributed by atoms with van der Waals surface area (Å²) in [6, 6.07) is 3.78. The van der Waals surface area contributed by atoms with Crippen LogP contribution in [0.3, 0.4) is 0 Å². The van der Waals surface area contributed by atoms with Gasteiger partial charge in [0.1, 0.15) is 0 Å². The monoisotopic (exact) mass is 236 g/mol. The maximum atomic E-state index is 11.9. The van der Waals surface area contributed by atoms with Crippen molar-refractivity contribution in [2.45, 2.75) is 19.9 Å². The number of pyridine rings is 1. The summed E-state index contributed by atoms with van der Waals surface area (Å²) < 4.78 is 4.88. The topological polar surface area (TPSA) is 42.4 Å². The van der Waals surface area contributed by atoms with E-state index in [9.17, 15) is 4.79 Å². The number of rotatable bonds is 4. The zero-order valence-corrected chi connectivity index (χ0v) is 11.1. The Kier molecular flexibility index (Phi) is 4.23. The maximum absolute atomic E-state index is 11.9. The van der Waals surface area contributed by atoms with Crippen LogP contribution in [0.25, 0.3) is 0 Å². The predicted molar refractivity (Wildman–Crippen MR) is 66.5 cm³/mol. The second-order valence-electron chi connectivity index (χ2n) is 4.87. The van der Waals surface area contributed by atoms with Crippen LogP contribution in [0.1, 0.15) is 25.5 Å². The van der Waals surface area contributed by atoms with Crippen LogP contribution >= 0.6 is 0 Å². The fourth-order valence-electron chi connectivity index (χ4n) is 2.27. The minimum atomic E-state index is -0.624. The van der Waals surface area contributed by atoms with E-state index in [0.29, 0.717) is 0 Å². The van der Waals surface area contributed by atoms with E-state index in [1.54, 1.807) is 12.4 Å². The van der Waals surface area contributed by atoms with Gasteiger partial charge in [-0.3, -0.25) is 9.78 Å². The van der Waals surface area contributed by atoms with Crippen LogP contribution in [-0.2, 0) is 9.53 Å². The highest BCUT2D eigenvalue weighted by Crippen LogP contribution is 2.37. The molecule has 0 amide bonds. The van der Waals surface area contributed by atoms with Gasteiger partial charge in [0.05, 0.1) is 18.6 Å². The van der Waals surface area contributed by atoms with Gasteiger partial charge in [-0.05, 0) is 39.6 Å². The van der Waals surface area contributed by atoms with Crippen molar-refractivity contribution < 1.29 is 9.53 Å². The Morgan fingerprint density at radius 1 is 1.47 bits per heavy atom. The third kappa shape index (κ3) is 2.82. The molecule has 17 heavy (non-hydrogen) atoms. The van der Waals surface area contributed by atoms with Gasteiger partial charge in [0, 0.05) is 12.4 Å². The van der Waals surface area contributed by atoms with Gasteiger partial charge in [0.25, 0.3) is 0 Å². The molecule has 0 saturated carbocycles. The first-order valence-electron chi connectivity index (χ1n) is 5.56. The number of carbonyl (C=O) groups is 1. The molecule has 1 aromatic rings. The molecule has 1 unspecified atom stereocenters. The van der Waals surface area contributed by atoms with Crippen LogP contribution in [0.15, 0.2) is 24.5 Å². The summed E-state index contributed by atoms with van der Waals surface area (Å²) in [5, 5.41) is 0. The van der Waals surface area contributed by atoms with Gasteiger partial charge in [-0.2, -0.15) is 0 Å². The van der Waals surface area contributed by atoms with E-state index in [0.717, 1.165) is 5.56 Å². The first-order valence-corrected chi connectivity index (χ1v) is 5.56. The average Bonchev–Trinajstić information content (AvgIpc) is 2.28. The zero-order valence-electron chi connectivity index (χ0n) is 11.1. The lowest BCUT2D eigenvalue weighted by Crippen LogP contribution is -2.40. The lowest BCUT2D eigenvalue weighted by Gasteiger charge is -2.36. The third-order valence-corrected chi connectivity index (χ3v) is 2.91. The molecular formula is C13H20N2O2. The predicted octanol–water partition coefficient (Wildman–Crippen LogP) is 1.88. The van der Waals surface area contributed by atoms with Crippen LogP contribution in [0.5, 0.6) is 0 Å². The Balaban J connectivity index is 3.15. The number of ether oxygens (including phenoxy) is 1. The van der Waals surface area contributed by atoms with Gasteiger partial charge in [-0.1, -0.05) is 6.07 Å². The van der Waals surface area contributed by atoms with E-state index in [1.807, 2.05) is 45.0 Å². The quantitative estimate of drug-likeness (QED) is 0.749. The van der Waals surface area contributed by atoms with E-state index < -0.39 is 5.41 Å². The van der Waals surface area contributed by atoms with Crippen molar-refractivity contribution in [2.24, 2.45) is 5.41 Å². The number of methoxy groups -OCH3 is 1. The molecule has 94 valence electrons. The Labute approximate surface area is 103 Å². The lowest BCUT2D eigenvalue weighted by molar-refractivity contribution is -0.154. The summed E-state index contributed by atoms with van der Waals surface area (Å²) >= 11 is 0. The fraction of sp³-hybridized carbons (Fsp3) is 0.538. The molecule has 1 atom stereocenters. The van der Waals surface area contributed by atoms with Crippen LogP contribution in [0.4, 0.5) is 0 Å². The summed E-state index contributed by atoms with van der Waals surface area (Å²) in [6.45, 7) is 3.77. The molecule has 0 aliphatic heterocycles. The van der Waals surface area contributed by atoms with Gasteiger partial charge in [-0.25, -0.2) is 0 Å². The molecule has 0 bridgehead atoms. The number of esters is 1. The Hall–Kier alpha value is -1.42. The molecular weight excluding hydrogens is 216 g/mol. The molecule has 0 spiro atoms. The van der Waals surface area contributed by atoms with Crippen LogP contribution in [0, 0.1) is 5.41 Å². The molecule has 0 aliphatic rings. The summed E-state index contributed by atoms with van der Waals surface area (Å²) in [6.07, 6.45) is 3.51. The van der Waals surface area contributed by atoms with Crippen molar-refractivity contribution in [3.05, 3.63) is 30.1 Å². The molecule has 0 radical (unpaired) electrons. The normalized spacial score (nSPS) is 13.5. The molecule has 4 nitrogen and oxygen atoms in total. The van der Waals surface area contributed by atoms with Crippen molar-refractivity contribution in [3.63, 3.8) is 0 Å². The van der Waals surface area contributed by atoms with Crippen molar-refractivity contribution in [1.82, 2.24) is 9.88 Å². The smallest absolute Gasteiger partial charge is 0.313 e. The SMILES string of the molecule is COC(=O)C(C)(C)C(c1cccnc1)N(C)C. The summed E-state index contributed by atoms with van der Waals surface area (Å²) in [5.41, 5.74) is 0.384. The lowest BCUT2D eigenvalue weighted by atomic mass is 9.80. The van der Waals surface area contributed by atoms with E-state index >= 15 is 0 Å². The Bertz CT molecular complexity index is 374. The van der Waals surface area contributed by atoms with Gasteiger partial charge >= 0.3 is 5.97 Å². The van der Waals surface area contributed by atoms with Gasteiger partial charge < -0.3 is 9.64 Å². The number of carbonyl (C=O) groups excluding carboxylic acids is 1. The highest BCUT2D eigenvalue weighted by molar-refractivity contribution is 5.77. The van der Waals surface area contributed by atoms with Crippen molar-refractivity contribution >= 4 is 5.97 Å². The van der Waals surface area contributed by atoms with E-state index in [2.05, 4.69) is 4.98 Å². The van der Waals surface area contributed by atoms with Gasteiger partial charge in [0.15, 0.2) is 0 Å². The van der Waals surface area contributed by atoms with Crippen molar-refractivity contribution in [1.29, 1.82) is 0 Å². The summed E-state index contributed by atoms with van der Waals surface area (Å²) in [7, 11) is 5.31. The fourth-order valence-corrected chi connectivity index (χ4v) is 2.27. The standard InChI is InChI=1S/C13H20N2O2/c1-13(2,12(16)17-5)11(15(3)4)10-7-6-8-14-9-10/h6-9,11H,1-5H3. The second-order valence-corrected chi connectivity index (χ2v) is 4.87. The van der Waals surface area contributed by atoms with Crippen molar-refractivity contribution in [2.75, 3.05) is 21.2 Å². The highest BCUT2D eigenvalue weighted by atomic mass is 16.5. The largest absolute Gasteiger partial charge is 0.469 e. The molecule has 0 aliphatic carbocycles. The molecule has 0 aromatic carbocycles.